The second-order valence-corrected chi connectivity index (χ2v) is 14.8. The number of rotatable bonds is 6. The predicted molar refractivity (Wildman–Crippen MR) is 242 cm³/mol. The average Bonchev–Trinajstić information content (AvgIpc) is 3.31. The molecule has 0 saturated heterocycles. The molecule has 0 saturated carbocycles. The smallest absolute Gasteiger partial charge is 0.169 e. The number of nitrogens with one attached hydrogen (secondary N) is 1. The summed E-state index contributed by atoms with van der Waals surface area (Å²) in [5.74, 6) is 1.59. The lowest BCUT2D eigenvalue weighted by Crippen LogP contribution is -2.36. The van der Waals surface area contributed by atoms with Crippen LogP contribution in [0.4, 0.5) is 0 Å². The van der Waals surface area contributed by atoms with Crippen molar-refractivity contribution in [1.82, 2.24) is 10.3 Å². The van der Waals surface area contributed by atoms with Crippen molar-refractivity contribution in [3.8, 4) is 33.4 Å². The van der Waals surface area contributed by atoms with E-state index in [2.05, 4.69) is 175 Å². The molecule has 1 aliphatic rings. The van der Waals surface area contributed by atoms with E-state index >= 15 is 0 Å². The van der Waals surface area contributed by atoms with Crippen LogP contribution in [0.3, 0.4) is 0 Å². The zero-order chi connectivity index (χ0) is 38.4. The van der Waals surface area contributed by atoms with E-state index in [1.54, 1.807) is 0 Å². The van der Waals surface area contributed by atoms with Crippen molar-refractivity contribution in [1.29, 1.82) is 0 Å². The fourth-order valence-electron chi connectivity index (χ4n) is 8.51. The summed E-state index contributed by atoms with van der Waals surface area (Å²) in [5, 5.41) is 12.2. The summed E-state index contributed by atoms with van der Waals surface area (Å²) in [7, 11) is 0. The van der Waals surface area contributed by atoms with Crippen LogP contribution in [0.5, 0.6) is 0 Å². The van der Waals surface area contributed by atoms with E-state index in [9.17, 15) is 0 Å². The first-order valence-corrected chi connectivity index (χ1v) is 19.7. The van der Waals surface area contributed by atoms with E-state index in [1.165, 1.54) is 37.9 Å². The lowest BCUT2D eigenvalue weighted by molar-refractivity contribution is 0.756. The topological polar surface area (TPSA) is 49.6 Å². The summed E-state index contributed by atoms with van der Waals surface area (Å²) >= 11 is 0. The van der Waals surface area contributed by atoms with Crippen LogP contribution in [0.25, 0.3) is 76.6 Å². The van der Waals surface area contributed by atoms with Crippen LogP contribution in [-0.2, 0) is 0 Å². The van der Waals surface area contributed by atoms with Crippen molar-refractivity contribution in [2.24, 2.45) is 9.98 Å². The maximum atomic E-state index is 5.20. The van der Waals surface area contributed by atoms with Crippen molar-refractivity contribution in [3.63, 3.8) is 0 Å². The zero-order valence-electron chi connectivity index (χ0n) is 31.5. The molecule has 1 aromatic heterocycles. The molecule has 11 rings (SSSR count). The lowest BCUT2D eigenvalue weighted by atomic mass is 9.88. The Morgan fingerprint density at radius 3 is 1.52 bits per heavy atom. The number of hydrogen-bond donors (Lipinski definition) is 1. The number of aromatic nitrogens is 1. The lowest BCUT2D eigenvalue weighted by Gasteiger charge is -2.23. The first-order chi connectivity index (χ1) is 28.7. The first-order valence-electron chi connectivity index (χ1n) is 19.7. The summed E-state index contributed by atoms with van der Waals surface area (Å²) in [5.41, 5.74) is 10.8. The quantitative estimate of drug-likeness (QED) is 0.173. The summed E-state index contributed by atoms with van der Waals surface area (Å²) in [6.45, 7) is 0. The largest absolute Gasteiger partial charge is 0.324 e. The van der Waals surface area contributed by atoms with E-state index in [0.29, 0.717) is 0 Å². The molecule has 1 N–H and O–H groups in total. The van der Waals surface area contributed by atoms with Crippen LogP contribution in [0.2, 0.25) is 0 Å². The number of amidine groups is 2. The van der Waals surface area contributed by atoms with Crippen molar-refractivity contribution in [2.75, 3.05) is 0 Å². The third-order valence-electron chi connectivity index (χ3n) is 11.4. The second kappa shape index (κ2) is 14.1. The number of benzene rings is 9. The van der Waals surface area contributed by atoms with Crippen molar-refractivity contribution in [2.45, 2.75) is 6.17 Å². The standard InChI is InChI=1S/C54H36N4/c1-3-12-35(13-4-1)36-21-25-40(26-22-36)53-56-52(39-14-5-2-6-15-39)57-54(58-53)41-27-23-37(24-28-41)50-43(31-29-38-16-11-33-55-51(38)50)42-30-32-48-46-19-8-7-17-44(46)45-18-9-10-20-47(45)49(48)34-42/h1-34,54H,(H,56,57,58). The fourth-order valence-corrected chi connectivity index (χ4v) is 8.51. The molecule has 0 aliphatic carbocycles. The molecule has 0 fully saturated rings. The van der Waals surface area contributed by atoms with Crippen molar-refractivity contribution >= 4 is 54.9 Å². The molecule has 1 unspecified atom stereocenters. The number of fused-ring (bicyclic) bond motifs is 7. The van der Waals surface area contributed by atoms with Gasteiger partial charge in [0.2, 0.25) is 0 Å². The number of nitrogens with zero attached hydrogens (tertiary/aromatic N) is 3. The molecule has 0 bridgehead atoms. The van der Waals surface area contributed by atoms with Crippen molar-refractivity contribution in [3.05, 3.63) is 223 Å². The van der Waals surface area contributed by atoms with Gasteiger partial charge in [0.25, 0.3) is 0 Å². The monoisotopic (exact) mass is 740 g/mol. The van der Waals surface area contributed by atoms with Crippen LogP contribution in [0.1, 0.15) is 22.9 Å². The number of pyridine rings is 1. The summed E-state index contributed by atoms with van der Waals surface area (Å²) in [4.78, 5) is 15.3. The first kappa shape index (κ1) is 33.6. The van der Waals surface area contributed by atoms with Gasteiger partial charge in [-0.2, -0.15) is 0 Å². The molecular formula is C54H36N4. The van der Waals surface area contributed by atoms with Gasteiger partial charge in [-0.3, -0.25) is 4.98 Å². The van der Waals surface area contributed by atoms with Gasteiger partial charge in [0.1, 0.15) is 11.7 Å². The summed E-state index contributed by atoms with van der Waals surface area (Å²) in [6, 6.07) is 71.0. The van der Waals surface area contributed by atoms with Gasteiger partial charge in [-0.25, -0.2) is 9.98 Å². The van der Waals surface area contributed by atoms with Gasteiger partial charge in [-0.15, -0.1) is 0 Å². The third kappa shape index (κ3) is 5.91. The van der Waals surface area contributed by atoms with Crippen LogP contribution in [0, 0.1) is 0 Å². The Morgan fingerprint density at radius 1 is 0.362 bits per heavy atom. The molecular weight excluding hydrogens is 705 g/mol. The molecule has 1 atom stereocenters. The molecule has 9 aromatic carbocycles. The molecule has 0 amide bonds. The SMILES string of the molecule is c1ccc(C2=NC(c3ccc(-c4c(-c5ccc6c7ccccc7c7ccccc7c6c5)ccc5cccnc45)cc3)N=C(c3ccc(-c4ccccc4)cc3)N2)cc1. The molecule has 0 radical (unpaired) electrons. The minimum absolute atomic E-state index is 0.428. The van der Waals surface area contributed by atoms with E-state index in [4.69, 9.17) is 15.0 Å². The Kier molecular flexibility index (Phi) is 8.18. The highest BCUT2D eigenvalue weighted by molar-refractivity contribution is 6.26. The van der Waals surface area contributed by atoms with Gasteiger partial charge in [-0.1, -0.05) is 188 Å². The highest BCUT2D eigenvalue weighted by Crippen LogP contribution is 2.42. The molecule has 10 aromatic rings. The van der Waals surface area contributed by atoms with E-state index in [0.717, 1.165) is 67.1 Å². The van der Waals surface area contributed by atoms with Gasteiger partial charge in [0.15, 0.2) is 6.17 Å². The molecule has 272 valence electrons. The van der Waals surface area contributed by atoms with Crippen LogP contribution in [0.15, 0.2) is 216 Å². The van der Waals surface area contributed by atoms with E-state index in [1.807, 2.05) is 36.5 Å². The minimum atomic E-state index is -0.428. The second-order valence-electron chi connectivity index (χ2n) is 14.8. The highest BCUT2D eigenvalue weighted by Gasteiger charge is 2.22. The molecule has 4 nitrogen and oxygen atoms in total. The zero-order valence-corrected chi connectivity index (χ0v) is 31.5. The molecule has 4 heteroatoms. The molecule has 1 aliphatic heterocycles. The van der Waals surface area contributed by atoms with Gasteiger partial charge < -0.3 is 5.32 Å². The number of hydrogen-bond acceptors (Lipinski definition) is 4. The Morgan fingerprint density at radius 2 is 0.862 bits per heavy atom. The Labute approximate surface area is 336 Å². The van der Waals surface area contributed by atoms with Gasteiger partial charge in [-0.05, 0) is 77.8 Å². The maximum Gasteiger partial charge on any atom is 0.169 e. The Balaban J connectivity index is 1.02. The normalized spacial score (nSPS) is 14.0. The Bertz CT molecular complexity index is 3190. The predicted octanol–water partition coefficient (Wildman–Crippen LogP) is 13.2. The number of aliphatic imine (C=N–C) groups is 2. The summed E-state index contributed by atoms with van der Waals surface area (Å²) < 4.78 is 0. The molecule has 2 heterocycles. The van der Waals surface area contributed by atoms with Crippen LogP contribution in [-0.4, -0.2) is 16.7 Å². The highest BCUT2D eigenvalue weighted by atomic mass is 15.2. The van der Waals surface area contributed by atoms with Gasteiger partial charge in [0, 0.05) is 28.3 Å². The van der Waals surface area contributed by atoms with Crippen molar-refractivity contribution < 1.29 is 0 Å². The third-order valence-corrected chi connectivity index (χ3v) is 11.4. The van der Waals surface area contributed by atoms with Crippen LogP contribution < -0.4 is 5.32 Å². The van der Waals surface area contributed by atoms with E-state index in [-0.39, 0.29) is 0 Å². The van der Waals surface area contributed by atoms with Gasteiger partial charge in [0.05, 0.1) is 5.52 Å². The molecule has 58 heavy (non-hydrogen) atoms. The summed E-state index contributed by atoms with van der Waals surface area (Å²) in [6.07, 6.45) is 1.46. The minimum Gasteiger partial charge on any atom is -0.324 e. The molecule has 0 spiro atoms. The van der Waals surface area contributed by atoms with Crippen LogP contribution >= 0.6 is 0 Å². The van der Waals surface area contributed by atoms with E-state index < -0.39 is 6.17 Å². The maximum absolute atomic E-state index is 5.20. The Hall–Kier alpha value is -7.69. The fraction of sp³-hybridized carbons (Fsp3) is 0.0185. The van der Waals surface area contributed by atoms with Gasteiger partial charge >= 0.3 is 0 Å². The average molecular weight is 741 g/mol.